The summed E-state index contributed by atoms with van der Waals surface area (Å²) >= 11 is 5.84. The van der Waals surface area contributed by atoms with Gasteiger partial charge in [-0.2, -0.15) is 4.31 Å². The zero-order valence-electron chi connectivity index (χ0n) is 9.97. The van der Waals surface area contributed by atoms with Gasteiger partial charge in [0, 0.05) is 14.1 Å². The molecular formula is C10H14ClN3O3S. The number of halogens is 1. The van der Waals surface area contributed by atoms with Gasteiger partial charge in [0.1, 0.15) is 4.90 Å². The number of hydrogen-bond donors (Lipinski definition) is 2. The van der Waals surface area contributed by atoms with Crippen LogP contribution >= 0.6 is 11.6 Å². The second kappa shape index (κ2) is 5.55. The topological polar surface area (TPSA) is 92.5 Å². The van der Waals surface area contributed by atoms with Gasteiger partial charge in [0.15, 0.2) is 0 Å². The number of nitrogen functional groups attached to an aromatic ring is 1. The van der Waals surface area contributed by atoms with Crippen molar-refractivity contribution >= 4 is 33.2 Å². The number of nitrogens with two attached hydrogens (primary N) is 1. The molecule has 0 aromatic heterocycles. The van der Waals surface area contributed by atoms with Crippen molar-refractivity contribution in [2.75, 3.05) is 26.4 Å². The first-order chi connectivity index (χ1) is 8.30. The molecule has 0 atom stereocenters. The van der Waals surface area contributed by atoms with Crippen LogP contribution in [0.15, 0.2) is 23.1 Å². The summed E-state index contributed by atoms with van der Waals surface area (Å²) in [5.74, 6) is -0.424. The first-order valence-electron chi connectivity index (χ1n) is 5.01. The number of likely N-dealkylation sites (N-methyl/N-ethyl adjacent to an activating group) is 2. The van der Waals surface area contributed by atoms with E-state index in [2.05, 4.69) is 5.32 Å². The number of rotatable bonds is 4. The van der Waals surface area contributed by atoms with Gasteiger partial charge in [0.25, 0.3) is 0 Å². The van der Waals surface area contributed by atoms with Crippen molar-refractivity contribution in [1.29, 1.82) is 0 Å². The molecule has 6 nitrogen and oxygen atoms in total. The smallest absolute Gasteiger partial charge is 0.246 e. The lowest BCUT2D eigenvalue weighted by atomic mass is 10.3. The van der Waals surface area contributed by atoms with Gasteiger partial charge in [0.2, 0.25) is 15.9 Å². The Kier molecular flexibility index (Phi) is 4.55. The summed E-state index contributed by atoms with van der Waals surface area (Å²) in [7, 11) is -1.18. The van der Waals surface area contributed by atoms with Gasteiger partial charge < -0.3 is 11.1 Å². The number of hydrogen-bond acceptors (Lipinski definition) is 4. The van der Waals surface area contributed by atoms with Crippen LogP contribution in [0.4, 0.5) is 5.69 Å². The summed E-state index contributed by atoms with van der Waals surface area (Å²) < 4.78 is 25.3. The molecule has 0 heterocycles. The lowest BCUT2D eigenvalue weighted by Gasteiger charge is -2.18. The molecule has 100 valence electrons. The summed E-state index contributed by atoms with van der Waals surface area (Å²) in [6.07, 6.45) is 0. The van der Waals surface area contributed by atoms with E-state index >= 15 is 0 Å². The van der Waals surface area contributed by atoms with Crippen LogP contribution in [0.1, 0.15) is 0 Å². The molecule has 1 amide bonds. The molecular weight excluding hydrogens is 278 g/mol. The quantitative estimate of drug-likeness (QED) is 0.780. The predicted octanol–water partition coefficient (Wildman–Crippen LogP) is 0.289. The molecule has 1 aromatic rings. The Morgan fingerprint density at radius 1 is 1.50 bits per heavy atom. The van der Waals surface area contributed by atoms with Gasteiger partial charge in [0.05, 0.1) is 17.3 Å². The standard InChI is InChI=1S/C10H14ClN3O3S/c1-13-9(15)6-14(2)18(16,17)10-7(11)4-3-5-8(10)12/h3-5H,6,12H2,1-2H3,(H,13,15). The predicted molar refractivity (Wildman–Crippen MR) is 69.7 cm³/mol. The molecule has 0 bridgehead atoms. The summed E-state index contributed by atoms with van der Waals surface area (Å²) in [4.78, 5) is 11.0. The van der Waals surface area contributed by atoms with Crippen molar-refractivity contribution in [3.8, 4) is 0 Å². The van der Waals surface area contributed by atoms with Gasteiger partial charge in [-0.1, -0.05) is 17.7 Å². The molecule has 8 heteroatoms. The first-order valence-corrected chi connectivity index (χ1v) is 6.83. The number of anilines is 1. The van der Waals surface area contributed by atoms with Crippen LogP contribution in [-0.2, 0) is 14.8 Å². The third-order valence-corrected chi connectivity index (χ3v) is 4.66. The highest BCUT2D eigenvalue weighted by atomic mass is 35.5. The largest absolute Gasteiger partial charge is 0.398 e. The minimum absolute atomic E-state index is 0.0266. The minimum Gasteiger partial charge on any atom is -0.398 e. The third-order valence-electron chi connectivity index (χ3n) is 2.31. The third kappa shape index (κ3) is 2.92. The lowest BCUT2D eigenvalue weighted by molar-refractivity contribution is -0.120. The molecule has 0 saturated heterocycles. The van der Waals surface area contributed by atoms with Gasteiger partial charge in [-0.15, -0.1) is 0 Å². The molecule has 0 radical (unpaired) electrons. The lowest BCUT2D eigenvalue weighted by Crippen LogP contribution is -2.37. The fourth-order valence-corrected chi connectivity index (χ4v) is 3.07. The average molecular weight is 292 g/mol. The summed E-state index contributed by atoms with van der Waals surface area (Å²) in [5, 5.41) is 2.37. The molecule has 1 rings (SSSR count). The molecule has 0 fully saturated rings. The molecule has 0 unspecified atom stereocenters. The molecule has 3 N–H and O–H groups in total. The van der Waals surface area contributed by atoms with Crippen molar-refractivity contribution < 1.29 is 13.2 Å². The Morgan fingerprint density at radius 2 is 2.11 bits per heavy atom. The normalized spacial score (nSPS) is 11.6. The van der Waals surface area contributed by atoms with E-state index in [0.717, 1.165) is 4.31 Å². The highest BCUT2D eigenvalue weighted by Gasteiger charge is 2.27. The zero-order chi connectivity index (χ0) is 13.9. The first kappa shape index (κ1) is 14.7. The molecule has 0 aliphatic rings. The van der Waals surface area contributed by atoms with Crippen LogP contribution in [0.2, 0.25) is 5.02 Å². The van der Waals surface area contributed by atoms with Crippen molar-refractivity contribution in [3.05, 3.63) is 23.2 Å². The monoisotopic (exact) mass is 291 g/mol. The number of benzene rings is 1. The second-order valence-electron chi connectivity index (χ2n) is 3.59. The number of sulfonamides is 1. The van der Waals surface area contributed by atoms with Crippen molar-refractivity contribution in [3.63, 3.8) is 0 Å². The number of carbonyl (C=O) groups is 1. The number of nitrogens with zero attached hydrogens (tertiary/aromatic N) is 1. The van der Waals surface area contributed by atoms with E-state index in [1.807, 2.05) is 0 Å². The van der Waals surface area contributed by atoms with Crippen LogP contribution in [0.5, 0.6) is 0 Å². The van der Waals surface area contributed by atoms with E-state index in [0.29, 0.717) is 0 Å². The number of carbonyl (C=O) groups excluding carboxylic acids is 1. The van der Waals surface area contributed by atoms with E-state index in [1.165, 1.54) is 26.2 Å². The summed E-state index contributed by atoms with van der Waals surface area (Å²) in [6.45, 7) is -0.302. The zero-order valence-corrected chi connectivity index (χ0v) is 11.5. The molecule has 18 heavy (non-hydrogen) atoms. The van der Waals surface area contributed by atoms with Crippen molar-refractivity contribution in [2.45, 2.75) is 4.90 Å². The fourth-order valence-electron chi connectivity index (χ4n) is 1.32. The maximum absolute atomic E-state index is 12.2. The Morgan fingerprint density at radius 3 is 2.61 bits per heavy atom. The van der Waals surface area contributed by atoms with E-state index in [9.17, 15) is 13.2 Å². The van der Waals surface area contributed by atoms with Crippen LogP contribution in [-0.4, -0.2) is 39.3 Å². The summed E-state index contributed by atoms with van der Waals surface area (Å²) in [6, 6.07) is 4.42. The fraction of sp³-hybridized carbons (Fsp3) is 0.300. The number of amides is 1. The van der Waals surface area contributed by atoms with E-state index in [4.69, 9.17) is 17.3 Å². The molecule has 0 aliphatic carbocycles. The van der Waals surface area contributed by atoms with Gasteiger partial charge in [-0.05, 0) is 12.1 Å². The van der Waals surface area contributed by atoms with E-state index in [1.54, 1.807) is 6.07 Å². The Bertz CT molecular complexity index is 539. The molecule has 1 aromatic carbocycles. The number of nitrogens with one attached hydrogen (secondary N) is 1. The van der Waals surface area contributed by atoms with Crippen LogP contribution in [0, 0.1) is 0 Å². The van der Waals surface area contributed by atoms with Crippen LogP contribution < -0.4 is 11.1 Å². The van der Waals surface area contributed by atoms with Crippen LogP contribution in [0.25, 0.3) is 0 Å². The second-order valence-corrected chi connectivity index (χ2v) is 5.98. The van der Waals surface area contributed by atoms with E-state index < -0.39 is 15.9 Å². The molecule has 0 saturated carbocycles. The Hall–Kier alpha value is -1.31. The highest BCUT2D eigenvalue weighted by Crippen LogP contribution is 2.29. The Labute approximate surface area is 111 Å². The maximum atomic E-state index is 12.2. The van der Waals surface area contributed by atoms with Crippen molar-refractivity contribution in [2.24, 2.45) is 0 Å². The van der Waals surface area contributed by atoms with E-state index in [-0.39, 0.29) is 22.2 Å². The van der Waals surface area contributed by atoms with Crippen LogP contribution in [0.3, 0.4) is 0 Å². The summed E-state index contributed by atoms with van der Waals surface area (Å²) in [5.41, 5.74) is 5.67. The van der Waals surface area contributed by atoms with Gasteiger partial charge in [-0.3, -0.25) is 4.79 Å². The SMILES string of the molecule is CNC(=O)CN(C)S(=O)(=O)c1c(N)cccc1Cl. The maximum Gasteiger partial charge on any atom is 0.246 e. The Balaban J connectivity index is 3.18. The molecule has 0 aliphatic heterocycles. The van der Waals surface area contributed by atoms with Crippen molar-refractivity contribution in [1.82, 2.24) is 9.62 Å². The highest BCUT2D eigenvalue weighted by molar-refractivity contribution is 7.89. The average Bonchev–Trinajstić information content (AvgIpc) is 2.28. The minimum atomic E-state index is -3.89. The van der Waals surface area contributed by atoms with Gasteiger partial charge in [-0.25, -0.2) is 8.42 Å². The molecule has 0 spiro atoms. The van der Waals surface area contributed by atoms with Gasteiger partial charge >= 0.3 is 0 Å².